The molecule has 2 unspecified atom stereocenters. The van der Waals surface area contributed by atoms with Gasteiger partial charge in [0.25, 0.3) is 0 Å². The molecule has 15 heavy (non-hydrogen) atoms. The summed E-state index contributed by atoms with van der Waals surface area (Å²) in [6.45, 7) is 3.27. The Morgan fingerprint density at radius 2 is 2.13 bits per heavy atom. The number of hydrogen-bond donors (Lipinski definition) is 1. The van der Waals surface area contributed by atoms with Gasteiger partial charge in [-0.3, -0.25) is 0 Å². The van der Waals surface area contributed by atoms with Crippen LogP contribution < -0.4 is 0 Å². The van der Waals surface area contributed by atoms with Gasteiger partial charge in [-0.05, 0) is 19.4 Å². The molecule has 1 N–H and O–H groups in total. The van der Waals surface area contributed by atoms with Crippen molar-refractivity contribution in [3.05, 3.63) is 35.6 Å². The lowest BCUT2D eigenvalue weighted by Crippen LogP contribution is -2.31. The lowest BCUT2D eigenvalue weighted by atomic mass is 9.82. The third-order valence-electron chi connectivity index (χ3n) is 2.66. The third kappa shape index (κ3) is 2.16. The van der Waals surface area contributed by atoms with E-state index in [0.717, 1.165) is 0 Å². The number of nitrogens with zero attached hydrogens (tertiary/aromatic N) is 1. The molecule has 1 aromatic carbocycles. The van der Waals surface area contributed by atoms with E-state index >= 15 is 0 Å². The molecule has 2 atom stereocenters. The Morgan fingerprint density at radius 3 is 2.60 bits per heavy atom. The molecule has 0 heterocycles. The zero-order valence-corrected chi connectivity index (χ0v) is 8.87. The molecule has 0 bridgehead atoms. The first-order chi connectivity index (χ1) is 7.04. The van der Waals surface area contributed by atoms with Gasteiger partial charge in [-0.15, -0.1) is 0 Å². The van der Waals surface area contributed by atoms with Gasteiger partial charge >= 0.3 is 0 Å². The minimum absolute atomic E-state index is 0.179. The summed E-state index contributed by atoms with van der Waals surface area (Å²) < 4.78 is 13.4. The molecule has 2 nitrogen and oxygen atoms in total. The van der Waals surface area contributed by atoms with E-state index in [1.165, 1.54) is 19.1 Å². The Labute approximate surface area is 89.0 Å². The molecule has 0 aromatic heterocycles. The highest BCUT2D eigenvalue weighted by atomic mass is 19.1. The second-order valence-corrected chi connectivity index (χ2v) is 3.72. The molecule has 0 radical (unpaired) electrons. The van der Waals surface area contributed by atoms with Crippen molar-refractivity contribution in [2.24, 2.45) is 5.92 Å². The van der Waals surface area contributed by atoms with Gasteiger partial charge in [-0.25, -0.2) is 4.39 Å². The van der Waals surface area contributed by atoms with Crippen LogP contribution in [0.25, 0.3) is 0 Å². The summed E-state index contributed by atoms with van der Waals surface area (Å²) >= 11 is 0. The van der Waals surface area contributed by atoms with Crippen LogP contribution in [0, 0.1) is 23.1 Å². The van der Waals surface area contributed by atoms with Gasteiger partial charge in [0, 0.05) is 5.56 Å². The predicted molar refractivity (Wildman–Crippen MR) is 55.4 cm³/mol. The van der Waals surface area contributed by atoms with Crippen molar-refractivity contribution in [3.8, 4) is 6.07 Å². The van der Waals surface area contributed by atoms with Crippen molar-refractivity contribution in [2.45, 2.75) is 25.9 Å². The highest BCUT2D eigenvalue weighted by Crippen LogP contribution is 2.32. The van der Waals surface area contributed by atoms with E-state index < -0.39 is 17.3 Å². The molecule has 0 amide bonds. The maximum absolute atomic E-state index is 13.4. The number of benzene rings is 1. The van der Waals surface area contributed by atoms with Crippen LogP contribution in [0.1, 0.15) is 25.8 Å². The van der Waals surface area contributed by atoms with Gasteiger partial charge < -0.3 is 5.11 Å². The summed E-state index contributed by atoms with van der Waals surface area (Å²) in [5, 5.41) is 19.0. The molecule has 0 spiro atoms. The quantitative estimate of drug-likeness (QED) is 0.827. The summed E-state index contributed by atoms with van der Waals surface area (Å²) in [6.07, 6.45) is 0.484. The van der Waals surface area contributed by atoms with E-state index in [2.05, 4.69) is 0 Å². The molecule has 3 heteroatoms. The van der Waals surface area contributed by atoms with Crippen molar-refractivity contribution in [1.82, 2.24) is 0 Å². The monoisotopic (exact) mass is 207 g/mol. The SMILES string of the molecule is CCC(C#N)C(C)(O)c1ccccc1F. The van der Waals surface area contributed by atoms with Crippen LogP contribution in [-0.2, 0) is 5.60 Å². The van der Waals surface area contributed by atoms with Crippen LogP contribution >= 0.6 is 0 Å². The standard InChI is InChI=1S/C12H14FNO/c1-3-9(8-14)12(2,15)10-6-4-5-7-11(10)13/h4-7,9,15H,3H2,1-2H3. The first-order valence-electron chi connectivity index (χ1n) is 4.91. The Morgan fingerprint density at radius 1 is 1.53 bits per heavy atom. The lowest BCUT2D eigenvalue weighted by Gasteiger charge is -2.28. The van der Waals surface area contributed by atoms with E-state index in [4.69, 9.17) is 5.26 Å². The van der Waals surface area contributed by atoms with E-state index in [0.29, 0.717) is 6.42 Å². The normalized spacial score (nSPS) is 16.5. The van der Waals surface area contributed by atoms with Crippen molar-refractivity contribution in [2.75, 3.05) is 0 Å². The van der Waals surface area contributed by atoms with Crippen LogP contribution in [0.3, 0.4) is 0 Å². The summed E-state index contributed by atoms with van der Waals surface area (Å²) in [5.74, 6) is -1.08. The van der Waals surface area contributed by atoms with Crippen molar-refractivity contribution in [3.63, 3.8) is 0 Å². The fourth-order valence-corrected chi connectivity index (χ4v) is 1.67. The molecular formula is C12H14FNO. The molecular weight excluding hydrogens is 193 g/mol. The minimum Gasteiger partial charge on any atom is -0.384 e. The second-order valence-electron chi connectivity index (χ2n) is 3.72. The summed E-state index contributed by atoms with van der Waals surface area (Å²) in [7, 11) is 0. The van der Waals surface area contributed by atoms with E-state index in [1.54, 1.807) is 19.1 Å². The van der Waals surface area contributed by atoms with Crippen molar-refractivity contribution < 1.29 is 9.50 Å². The Kier molecular flexibility index (Phi) is 3.43. The predicted octanol–water partition coefficient (Wildman–Crippen LogP) is 2.58. The largest absolute Gasteiger partial charge is 0.384 e. The molecule has 1 rings (SSSR count). The number of hydrogen-bond acceptors (Lipinski definition) is 2. The first kappa shape index (κ1) is 11.7. The molecule has 0 saturated carbocycles. The maximum atomic E-state index is 13.4. The lowest BCUT2D eigenvalue weighted by molar-refractivity contribution is 0.0118. The fourth-order valence-electron chi connectivity index (χ4n) is 1.67. The second kappa shape index (κ2) is 4.41. The van der Waals surface area contributed by atoms with Gasteiger partial charge in [-0.1, -0.05) is 25.1 Å². The topological polar surface area (TPSA) is 44.0 Å². The number of halogens is 1. The van der Waals surface area contributed by atoms with E-state index in [-0.39, 0.29) is 5.56 Å². The van der Waals surface area contributed by atoms with Crippen LogP contribution in [0.5, 0.6) is 0 Å². The summed E-state index contributed by atoms with van der Waals surface area (Å²) in [6, 6.07) is 8.00. The summed E-state index contributed by atoms with van der Waals surface area (Å²) in [4.78, 5) is 0. The average molecular weight is 207 g/mol. The highest BCUT2D eigenvalue weighted by Gasteiger charge is 2.34. The number of nitriles is 1. The van der Waals surface area contributed by atoms with Gasteiger partial charge in [-0.2, -0.15) is 5.26 Å². The van der Waals surface area contributed by atoms with Gasteiger partial charge in [0.05, 0.1) is 12.0 Å². The Hall–Kier alpha value is -1.40. The zero-order valence-electron chi connectivity index (χ0n) is 8.87. The molecule has 0 fully saturated rings. The maximum Gasteiger partial charge on any atom is 0.129 e. The molecule has 0 aliphatic heterocycles. The van der Waals surface area contributed by atoms with Crippen molar-refractivity contribution >= 4 is 0 Å². The van der Waals surface area contributed by atoms with Crippen LogP contribution in [-0.4, -0.2) is 5.11 Å². The van der Waals surface area contributed by atoms with Gasteiger partial charge in [0.15, 0.2) is 0 Å². The van der Waals surface area contributed by atoms with Crippen LogP contribution in [0.15, 0.2) is 24.3 Å². The Balaban J connectivity index is 3.17. The van der Waals surface area contributed by atoms with Gasteiger partial charge in [0.1, 0.15) is 11.4 Å². The molecule has 0 aliphatic carbocycles. The molecule has 1 aromatic rings. The minimum atomic E-state index is -1.44. The smallest absolute Gasteiger partial charge is 0.129 e. The van der Waals surface area contributed by atoms with E-state index in [9.17, 15) is 9.50 Å². The van der Waals surface area contributed by atoms with Gasteiger partial charge in [0.2, 0.25) is 0 Å². The average Bonchev–Trinajstić information content (AvgIpc) is 2.19. The third-order valence-corrected chi connectivity index (χ3v) is 2.66. The number of aliphatic hydroxyl groups is 1. The highest BCUT2D eigenvalue weighted by molar-refractivity contribution is 5.26. The molecule has 80 valence electrons. The molecule has 0 aliphatic rings. The van der Waals surface area contributed by atoms with E-state index in [1.807, 2.05) is 6.07 Å². The van der Waals surface area contributed by atoms with Crippen LogP contribution in [0.4, 0.5) is 4.39 Å². The van der Waals surface area contributed by atoms with Crippen molar-refractivity contribution in [1.29, 1.82) is 5.26 Å². The zero-order chi connectivity index (χ0) is 11.5. The fraction of sp³-hybridized carbons (Fsp3) is 0.417. The summed E-state index contributed by atoms with van der Waals surface area (Å²) in [5.41, 5.74) is -1.26. The number of rotatable bonds is 3. The van der Waals surface area contributed by atoms with Crippen LogP contribution in [0.2, 0.25) is 0 Å². The Bertz CT molecular complexity index is 381. The first-order valence-corrected chi connectivity index (χ1v) is 4.91. The molecule has 0 saturated heterocycles.